The van der Waals surface area contributed by atoms with Crippen LogP contribution in [0.15, 0.2) is 29.0 Å². The van der Waals surface area contributed by atoms with Crippen molar-refractivity contribution in [3.63, 3.8) is 0 Å². The maximum atomic E-state index is 5.65. The molecule has 0 aliphatic carbocycles. The molecule has 0 bridgehead atoms. The average molecular weight is 217 g/mol. The molecule has 0 atom stereocenters. The molecule has 1 aromatic rings. The molecule has 0 heterocycles. The van der Waals surface area contributed by atoms with Crippen molar-refractivity contribution in [3.05, 3.63) is 40.1 Å². The summed E-state index contributed by atoms with van der Waals surface area (Å²) < 4.78 is 5.32. The molecule has 0 fully saturated rings. The summed E-state index contributed by atoms with van der Waals surface area (Å²) >= 11 is 11.0. The van der Waals surface area contributed by atoms with Crippen LogP contribution in [-0.2, 0) is 0 Å². The normalized spacial score (nSPS) is 11.5. The Balaban J connectivity index is 3.00. The second kappa shape index (κ2) is 4.54. The van der Waals surface area contributed by atoms with Crippen LogP contribution in [0.1, 0.15) is 11.1 Å². The molecule has 0 aliphatic rings. The molecular weight excluding hydrogens is 207 g/mol. The third-order valence-electron chi connectivity index (χ3n) is 1.69. The average Bonchev–Trinajstić information content (AvgIpc) is 2.11. The number of hydrogen-bond acceptors (Lipinski definition) is 1. The van der Waals surface area contributed by atoms with Gasteiger partial charge in [0.15, 0.2) is 0 Å². The van der Waals surface area contributed by atoms with Gasteiger partial charge in [-0.05, 0) is 36.6 Å². The monoisotopic (exact) mass is 216 g/mol. The van der Waals surface area contributed by atoms with Gasteiger partial charge in [0.2, 0.25) is 5.22 Å². The first kappa shape index (κ1) is 10.4. The van der Waals surface area contributed by atoms with Gasteiger partial charge < -0.3 is 4.74 Å². The van der Waals surface area contributed by atoms with Gasteiger partial charge in [-0.15, -0.1) is 0 Å². The van der Waals surface area contributed by atoms with E-state index in [2.05, 4.69) is 0 Å². The van der Waals surface area contributed by atoms with Crippen molar-refractivity contribution >= 4 is 23.2 Å². The van der Waals surface area contributed by atoms with E-state index in [1.807, 2.05) is 32.0 Å². The molecule has 13 heavy (non-hydrogen) atoms. The number of rotatable bonds is 2. The SMILES string of the molecule is Cc1cccc(C)c1OC(Cl)=CCl. The fourth-order valence-corrected chi connectivity index (χ4v) is 1.20. The predicted octanol–water partition coefficient (Wildman–Crippen LogP) is 3.96. The Hall–Kier alpha value is -0.660. The molecule has 1 aromatic carbocycles. The molecule has 0 aromatic heterocycles. The number of benzene rings is 1. The van der Waals surface area contributed by atoms with Crippen LogP contribution in [0.5, 0.6) is 5.75 Å². The molecule has 0 amide bonds. The molecule has 1 nitrogen and oxygen atoms in total. The largest absolute Gasteiger partial charge is 0.444 e. The highest BCUT2D eigenvalue weighted by atomic mass is 35.5. The van der Waals surface area contributed by atoms with Crippen LogP contribution in [0.2, 0.25) is 0 Å². The summed E-state index contributed by atoms with van der Waals surface area (Å²) in [5.74, 6) is 0.768. The van der Waals surface area contributed by atoms with E-state index in [0.717, 1.165) is 16.9 Å². The molecular formula is C10H10Cl2O. The first-order chi connectivity index (χ1) is 6.15. The lowest BCUT2D eigenvalue weighted by Gasteiger charge is -2.09. The first-order valence-electron chi connectivity index (χ1n) is 3.85. The zero-order chi connectivity index (χ0) is 9.84. The number of para-hydroxylation sites is 1. The zero-order valence-electron chi connectivity index (χ0n) is 7.47. The zero-order valence-corrected chi connectivity index (χ0v) is 8.99. The number of hydrogen-bond donors (Lipinski definition) is 0. The smallest absolute Gasteiger partial charge is 0.205 e. The Labute approximate surface area is 87.9 Å². The minimum absolute atomic E-state index is 0.180. The lowest BCUT2D eigenvalue weighted by Crippen LogP contribution is -1.92. The predicted molar refractivity (Wildman–Crippen MR) is 56.3 cm³/mol. The molecule has 1 rings (SSSR count). The van der Waals surface area contributed by atoms with Gasteiger partial charge in [-0.3, -0.25) is 0 Å². The maximum absolute atomic E-state index is 5.65. The highest BCUT2D eigenvalue weighted by molar-refractivity contribution is 6.35. The number of aryl methyl sites for hydroxylation is 2. The van der Waals surface area contributed by atoms with Gasteiger partial charge in [-0.2, -0.15) is 0 Å². The quantitative estimate of drug-likeness (QED) is 0.681. The van der Waals surface area contributed by atoms with E-state index in [1.165, 1.54) is 5.54 Å². The van der Waals surface area contributed by atoms with Crippen molar-refractivity contribution in [2.45, 2.75) is 13.8 Å². The highest BCUT2D eigenvalue weighted by Gasteiger charge is 2.04. The molecule has 0 saturated carbocycles. The topological polar surface area (TPSA) is 9.23 Å². The van der Waals surface area contributed by atoms with Crippen molar-refractivity contribution < 1.29 is 4.74 Å². The molecule has 0 radical (unpaired) electrons. The summed E-state index contributed by atoms with van der Waals surface area (Å²) in [5.41, 5.74) is 3.28. The van der Waals surface area contributed by atoms with Crippen molar-refractivity contribution in [3.8, 4) is 5.75 Å². The summed E-state index contributed by atoms with van der Waals surface area (Å²) in [6, 6.07) is 5.89. The van der Waals surface area contributed by atoms with E-state index < -0.39 is 0 Å². The molecule has 70 valence electrons. The summed E-state index contributed by atoms with van der Waals surface area (Å²) in [7, 11) is 0. The fourth-order valence-electron chi connectivity index (χ4n) is 1.08. The molecule has 0 N–H and O–H groups in total. The number of ether oxygens (including phenoxy) is 1. The molecule has 0 spiro atoms. The molecule has 0 aliphatic heterocycles. The van der Waals surface area contributed by atoms with E-state index in [0.29, 0.717) is 0 Å². The van der Waals surface area contributed by atoms with Crippen LogP contribution in [0.25, 0.3) is 0 Å². The lowest BCUT2D eigenvalue weighted by atomic mass is 10.1. The van der Waals surface area contributed by atoms with Crippen molar-refractivity contribution in [2.75, 3.05) is 0 Å². The van der Waals surface area contributed by atoms with E-state index in [9.17, 15) is 0 Å². The van der Waals surface area contributed by atoms with Crippen LogP contribution in [0.4, 0.5) is 0 Å². The highest BCUT2D eigenvalue weighted by Crippen LogP contribution is 2.25. The van der Waals surface area contributed by atoms with Gasteiger partial charge in [0.25, 0.3) is 0 Å². The van der Waals surface area contributed by atoms with Crippen LogP contribution < -0.4 is 4.74 Å². The Morgan fingerprint density at radius 3 is 2.31 bits per heavy atom. The third kappa shape index (κ3) is 2.64. The van der Waals surface area contributed by atoms with Crippen LogP contribution in [0, 0.1) is 13.8 Å². The first-order valence-corrected chi connectivity index (χ1v) is 4.66. The van der Waals surface area contributed by atoms with Crippen LogP contribution in [0.3, 0.4) is 0 Å². The summed E-state index contributed by atoms with van der Waals surface area (Å²) in [4.78, 5) is 0. The minimum Gasteiger partial charge on any atom is -0.444 e. The summed E-state index contributed by atoms with van der Waals surface area (Å²) in [6.45, 7) is 3.92. The van der Waals surface area contributed by atoms with Gasteiger partial charge in [0.1, 0.15) is 5.75 Å². The van der Waals surface area contributed by atoms with Gasteiger partial charge in [0, 0.05) is 0 Å². The number of halogens is 2. The van der Waals surface area contributed by atoms with E-state index >= 15 is 0 Å². The standard InChI is InChI=1S/C10H10Cl2O/c1-7-4-3-5-8(2)10(7)13-9(12)6-11/h3-6H,1-2H3. The van der Waals surface area contributed by atoms with E-state index in [-0.39, 0.29) is 5.22 Å². The second-order valence-electron chi connectivity index (χ2n) is 2.74. The van der Waals surface area contributed by atoms with Gasteiger partial charge >= 0.3 is 0 Å². The van der Waals surface area contributed by atoms with Crippen LogP contribution >= 0.6 is 23.2 Å². The maximum Gasteiger partial charge on any atom is 0.205 e. The van der Waals surface area contributed by atoms with Gasteiger partial charge in [-0.25, -0.2) is 0 Å². The van der Waals surface area contributed by atoms with E-state index in [1.54, 1.807) is 0 Å². The summed E-state index contributed by atoms with van der Waals surface area (Å²) in [6.07, 6.45) is 0. The van der Waals surface area contributed by atoms with Crippen molar-refractivity contribution in [2.24, 2.45) is 0 Å². The second-order valence-corrected chi connectivity index (χ2v) is 3.33. The minimum atomic E-state index is 0.180. The fraction of sp³-hybridized carbons (Fsp3) is 0.200. The van der Waals surface area contributed by atoms with Crippen molar-refractivity contribution in [1.82, 2.24) is 0 Å². The van der Waals surface area contributed by atoms with Crippen LogP contribution in [-0.4, -0.2) is 0 Å². The Morgan fingerprint density at radius 2 is 1.85 bits per heavy atom. The molecule has 3 heteroatoms. The third-order valence-corrected chi connectivity index (χ3v) is 2.19. The molecule has 0 unspecified atom stereocenters. The Kier molecular flexibility index (Phi) is 3.64. The van der Waals surface area contributed by atoms with E-state index in [4.69, 9.17) is 27.9 Å². The Bertz CT molecular complexity index is 311. The Morgan fingerprint density at radius 1 is 1.31 bits per heavy atom. The van der Waals surface area contributed by atoms with Gasteiger partial charge in [0.05, 0.1) is 5.54 Å². The molecule has 0 saturated heterocycles. The van der Waals surface area contributed by atoms with Crippen molar-refractivity contribution in [1.29, 1.82) is 0 Å². The lowest BCUT2D eigenvalue weighted by molar-refractivity contribution is 0.456. The van der Waals surface area contributed by atoms with Gasteiger partial charge in [-0.1, -0.05) is 29.8 Å². The summed E-state index contributed by atoms with van der Waals surface area (Å²) in [5, 5.41) is 0.180.